The molecule has 2 saturated heterocycles. The summed E-state index contributed by atoms with van der Waals surface area (Å²) in [5.74, 6) is -1.15. The second-order valence-electron chi connectivity index (χ2n) is 30.5. The van der Waals surface area contributed by atoms with E-state index in [0.717, 1.165) is 13.4 Å². The molecule has 11 heterocycles. The molecule has 0 radical (unpaired) electrons. The van der Waals surface area contributed by atoms with E-state index in [1.54, 1.807) is 67.0 Å². The number of nitrogens with one attached hydrogen (secondary N) is 1. The number of rotatable bonds is 13. The van der Waals surface area contributed by atoms with Crippen molar-refractivity contribution in [3.05, 3.63) is 285 Å². The van der Waals surface area contributed by atoms with Gasteiger partial charge in [0, 0.05) is 25.5 Å². The number of thiocarbonyl (C=S) groups is 2. The second-order valence-corrected chi connectivity index (χ2v) is 67.3. The van der Waals surface area contributed by atoms with E-state index in [2.05, 4.69) is 363 Å². The van der Waals surface area contributed by atoms with Gasteiger partial charge in [0.1, 0.15) is 14.5 Å². The third-order valence-electron chi connectivity index (χ3n) is 24.9. The monoisotopic (exact) mass is 2420 g/mol. The minimum absolute atomic E-state index is 0.0763. The first-order valence-corrected chi connectivity index (χ1v) is 65.7. The standard InChI is InChI=1S/C27H27N3O2SSiTe.C21H21NOSiTe.C20H21NSiTe.C16H19NSi.C6H8N2O2S.C4H3ITe.C4H4Te/c1-5-34(6-2)22-13-9-7-11-20(22)30(21-12-8-10-14-23(21)34)24-16-15-18(35-24)17-19-25(31)28(3)27(33)29(4)26(19)32;1-3-24(4-2)19-11-7-5-9-17(19)22(18-10-6-8-12-20(18)24)21-14-13-16(15-23)25-21;1-3-22(4-2)18-12-7-5-10-16(18)21(20-14-9-15-23-20)17-11-6-8-13-19(17)22;1-3-18(4-2)15-11-7-5-9-13(15)17-14-10-6-8-12-16(14)18;1-7-4(9)3-5(10)8(2)6(7)11;5-4-2-1-3-6-4;1-2-4-5-3-1/h7-17H,5-6H2,1-4H3;5-15H,3-4H2,1-2H3;5-15H,3-4H2,1-2H3;5-12,17H,3-4H2,1-2H3;3H2,1-2H3;1-3H;1-4H. The molecule has 0 saturated carbocycles. The Labute approximate surface area is 803 Å². The number of fused-ring (bicyclic) bond motifs is 8. The van der Waals surface area contributed by atoms with Crippen LogP contribution in [0.15, 0.2) is 277 Å². The van der Waals surface area contributed by atoms with Crippen molar-refractivity contribution in [3.63, 3.8) is 0 Å². The van der Waals surface area contributed by atoms with Gasteiger partial charge in [0.2, 0.25) is 11.8 Å². The molecule has 0 spiro atoms. The van der Waals surface area contributed by atoms with Gasteiger partial charge in [0.05, 0.1) is 0 Å². The van der Waals surface area contributed by atoms with E-state index in [9.17, 15) is 24.0 Å². The summed E-state index contributed by atoms with van der Waals surface area (Å²) in [7, 11) is -0.401. The molecule has 1 N–H and O–H groups in total. The molecule has 13 aromatic rings. The van der Waals surface area contributed by atoms with Crippen LogP contribution >= 0.6 is 47.0 Å². The van der Waals surface area contributed by atoms with Gasteiger partial charge in [0.15, 0.2) is 5.11 Å². The number of benzene rings is 8. The number of likely N-dealkylation sites (N-methyl/N-ethyl adjacent to an activating group) is 2. The molecule has 6 aliphatic rings. The molecule has 4 amide bonds. The zero-order chi connectivity index (χ0) is 87.3. The third-order valence-corrected chi connectivity index (χ3v) is 61.2. The van der Waals surface area contributed by atoms with Crippen LogP contribution < -0.4 is 61.5 Å². The topological polar surface area (TPSA) is 120 Å². The van der Waals surface area contributed by atoms with Crippen LogP contribution in [-0.4, -0.2) is 222 Å². The quantitative estimate of drug-likeness (QED) is 0.0226. The van der Waals surface area contributed by atoms with E-state index < -0.39 is 73.2 Å². The average molecular weight is 2410 g/mol. The van der Waals surface area contributed by atoms with E-state index in [1.807, 2.05) is 6.07 Å². The summed E-state index contributed by atoms with van der Waals surface area (Å²) in [6, 6.07) is 103. The fourth-order valence-electron chi connectivity index (χ4n) is 18.2. The SMILES string of the molecule is CC[Si]1(CC)c2ccccc2N(c2ccc(C=C3C(=O)N(C)C(=S)N(C)C3=O)[te]2)c2ccccc21.CC[Si]1(CC)c2ccccc2N(c2ccc(C=O)[te]2)c2ccccc21.CC[Si]1(CC)c2ccccc2N(c2ccc[te]2)c2ccccc21.CC[Si]1(CC)c2ccccc2Nc2ccccc21.CN1C(=O)CC(=O)N(C)C1=S.Ic1ccc[te]1.c1cc[te]c1. The number of para-hydroxylation sites is 8. The molecular formula is C98H103IN8O5S2Si4Te5. The number of hydrogen-bond acceptors (Lipinski definition) is 11. The van der Waals surface area contributed by atoms with E-state index in [-0.39, 0.29) is 107 Å². The predicted octanol–water partition coefficient (Wildman–Crippen LogP) is 16.8. The Hall–Kier alpha value is -6.62. The first kappa shape index (κ1) is 94.0. The number of carbonyl (C=O) groups excluding carboxylic acids is 5. The molecule has 123 heavy (non-hydrogen) atoms. The zero-order valence-corrected chi connectivity index (χ0v) is 90.9. The van der Waals surface area contributed by atoms with Gasteiger partial charge >= 0.3 is 635 Å². The predicted molar refractivity (Wildman–Crippen MR) is 548 cm³/mol. The van der Waals surface area contributed by atoms with Gasteiger partial charge in [-0.15, -0.1) is 0 Å². The van der Waals surface area contributed by atoms with Crippen molar-refractivity contribution in [2.24, 2.45) is 0 Å². The second kappa shape index (κ2) is 42.5. The molecular weight excluding hydrogens is 2310 g/mol. The van der Waals surface area contributed by atoms with Crippen LogP contribution in [0.25, 0.3) is 6.08 Å². The molecule has 0 bridgehead atoms. The van der Waals surface area contributed by atoms with E-state index >= 15 is 0 Å². The number of halogens is 1. The summed E-state index contributed by atoms with van der Waals surface area (Å²) in [4.78, 5) is 71.5. The third kappa shape index (κ3) is 18.9. The normalized spacial score (nSPS) is 15.4. The van der Waals surface area contributed by atoms with Crippen molar-refractivity contribution < 1.29 is 24.0 Å². The Morgan fingerprint density at radius 1 is 0.350 bits per heavy atom. The number of aldehydes is 1. The number of anilines is 11. The van der Waals surface area contributed by atoms with Crippen LogP contribution in [0.5, 0.6) is 0 Å². The fourth-order valence-corrected chi connectivity index (χ4v) is 47.7. The Morgan fingerprint density at radius 2 is 0.659 bits per heavy atom. The van der Waals surface area contributed by atoms with Crippen LogP contribution in [0.1, 0.15) is 73.8 Å². The number of hydrogen-bond donors (Lipinski definition) is 1. The van der Waals surface area contributed by atoms with Gasteiger partial charge in [-0.25, -0.2) is 0 Å². The van der Waals surface area contributed by atoms with Crippen molar-refractivity contribution in [2.75, 3.05) is 48.2 Å². The van der Waals surface area contributed by atoms with Crippen LogP contribution in [0.4, 0.5) is 56.6 Å². The molecule has 0 aliphatic carbocycles. The van der Waals surface area contributed by atoms with Crippen molar-refractivity contribution >= 4 is 326 Å². The van der Waals surface area contributed by atoms with E-state index in [4.69, 9.17) is 24.4 Å². The first-order chi connectivity index (χ1) is 59.6. The van der Waals surface area contributed by atoms with Crippen molar-refractivity contribution in [1.29, 1.82) is 0 Å². The summed E-state index contributed by atoms with van der Waals surface area (Å²) >= 11 is 11.2. The molecule has 19 rings (SSSR count). The van der Waals surface area contributed by atoms with Gasteiger partial charge in [-0.1, -0.05) is 62.3 Å². The molecule has 0 atom stereocenters. The molecule has 8 aromatic carbocycles. The molecule has 2 fully saturated rings. The van der Waals surface area contributed by atoms with Crippen LogP contribution in [0, 0.1) is 1.59 Å². The Kier molecular flexibility index (Phi) is 32.5. The number of amides is 4. The van der Waals surface area contributed by atoms with Crippen molar-refractivity contribution in [2.45, 2.75) is 110 Å². The summed E-state index contributed by atoms with van der Waals surface area (Å²) in [5, 5.41) is 16.6. The summed E-state index contributed by atoms with van der Waals surface area (Å²) in [6.45, 7) is 18.9. The Balaban J connectivity index is 0.000000132. The van der Waals surface area contributed by atoms with Crippen molar-refractivity contribution in [1.82, 2.24) is 19.6 Å². The Bertz CT molecular complexity index is 5710. The van der Waals surface area contributed by atoms with Crippen LogP contribution in [0.2, 0.25) is 48.4 Å². The Morgan fingerprint density at radius 3 is 0.959 bits per heavy atom. The first-order valence-electron chi connectivity index (χ1n) is 41.8. The maximum absolute atomic E-state index is 12.8. The summed E-state index contributed by atoms with van der Waals surface area (Å²) < 4.78 is 16.9. The molecule has 13 nitrogen and oxygen atoms in total. The average Bonchev–Trinajstić information content (AvgIpc) is 1.48. The molecule has 0 unspecified atom stereocenters. The number of carbonyl (C=O) groups is 5. The fraction of sp³-hybridized carbons (Fsp3) is 0.214. The molecule has 6 aliphatic heterocycles. The summed E-state index contributed by atoms with van der Waals surface area (Å²) in [5.41, 5.74) is 11.0. The van der Waals surface area contributed by atoms with Gasteiger partial charge in [-0.3, -0.25) is 19.4 Å². The number of nitrogens with zero attached hydrogens (tertiary/aromatic N) is 7. The van der Waals surface area contributed by atoms with Gasteiger partial charge < -0.3 is 5.32 Å². The van der Waals surface area contributed by atoms with E-state index in [1.165, 1.54) is 135 Å². The molecule has 630 valence electrons. The molecule has 25 heteroatoms. The van der Waals surface area contributed by atoms with E-state index in [0.29, 0.717) is 0 Å². The van der Waals surface area contributed by atoms with Crippen LogP contribution in [0.3, 0.4) is 0 Å². The molecule has 5 aromatic heterocycles. The zero-order valence-electron chi connectivity index (χ0n) is 71.5. The van der Waals surface area contributed by atoms with Gasteiger partial charge in [-0.2, -0.15) is 0 Å². The maximum atomic E-state index is 12.8. The summed E-state index contributed by atoms with van der Waals surface area (Å²) in [6.07, 6.45) is 2.74. The van der Waals surface area contributed by atoms with Gasteiger partial charge in [0.25, 0.3) is 0 Å². The minimum atomic E-state index is -1.85. The van der Waals surface area contributed by atoms with Crippen LogP contribution in [-0.2, 0) is 19.2 Å². The van der Waals surface area contributed by atoms with Gasteiger partial charge in [-0.05, 0) is 34.7 Å². The van der Waals surface area contributed by atoms with Crippen molar-refractivity contribution in [3.8, 4) is 0 Å².